The Morgan fingerprint density at radius 2 is 1.35 bits per heavy atom. The second-order valence-electron chi connectivity index (χ2n) is 3.36. The van der Waals surface area contributed by atoms with Crippen LogP contribution >= 0.6 is 0 Å². The molecule has 0 aromatic heterocycles. The van der Waals surface area contributed by atoms with E-state index in [0.29, 0.717) is 13.2 Å². The molecule has 0 aliphatic heterocycles. The Bertz CT molecular complexity index is 269. The zero-order valence-electron chi connectivity index (χ0n) is 10.3. The summed E-state index contributed by atoms with van der Waals surface area (Å²) in [5.41, 5.74) is 0. The summed E-state index contributed by atoms with van der Waals surface area (Å²) in [6.07, 6.45) is 6.15. The standard InChI is InChI=1S/C10H18N2O4Si/c1-3-5-7-15-17(11-9-13,12-10-14)16-8-6-4-2/h3-8H2,1-2H3. The predicted molar refractivity (Wildman–Crippen MR) is 63.7 cm³/mol. The van der Waals surface area contributed by atoms with Gasteiger partial charge in [0.05, 0.1) is 0 Å². The van der Waals surface area contributed by atoms with Gasteiger partial charge in [-0.15, -0.1) is 0 Å². The maximum absolute atomic E-state index is 10.4. The van der Waals surface area contributed by atoms with Gasteiger partial charge in [-0.1, -0.05) is 26.7 Å². The number of unbranched alkanes of at least 4 members (excludes halogenated alkanes) is 2. The van der Waals surface area contributed by atoms with Crippen molar-refractivity contribution >= 4 is 21.0 Å². The summed E-state index contributed by atoms with van der Waals surface area (Å²) < 4.78 is 17.6. The van der Waals surface area contributed by atoms with E-state index in [1.54, 1.807) is 0 Å². The first-order valence-corrected chi connectivity index (χ1v) is 7.41. The third kappa shape index (κ3) is 6.94. The molecule has 0 aliphatic carbocycles. The van der Waals surface area contributed by atoms with Crippen molar-refractivity contribution in [2.45, 2.75) is 39.5 Å². The number of hydrogen-bond acceptors (Lipinski definition) is 6. The van der Waals surface area contributed by atoms with Gasteiger partial charge >= 0.3 is 8.88 Å². The molecule has 0 rings (SSSR count). The molecule has 0 spiro atoms. The summed E-state index contributed by atoms with van der Waals surface area (Å²) in [5.74, 6) is 0. The lowest BCUT2D eigenvalue weighted by molar-refractivity contribution is 0.166. The summed E-state index contributed by atoms with van der Waals surface area (Å²) >= 11 is 0. The van der Waals surface area contributed by atoms with Crippen molar-refractivity contribution in [2.75, 3.05) is 13.2 Å². The van der Waals surface area contributed by atoms with Crippen LogP contribution in [0.15, 0.2) is 9.32 Å². The maximum atomic E-state index is 10.4. The first-order valence-electron chi connectivity index (χ1n) is 5.70. The van der Waals surface area contributed by atoms with Gasteiger partial charge in [-0.25, -0.2) is 9.59 Å². The van der Waals surface area contributed by atoms with Gasteiger partial charge < -0.3 is 8.85 Å². The summed E-state index contributed by atoms with van der Waals surface area (Å²) in [5, 5.41) is 0. The highest BCUT2D eigenvalue weighted by Gasteiger charge is 2.41. The fourth-order valence-electron chi connectivity index (χ4n) is 1.01. The molecule has 0 amide bonds. The van der Waals surface area contributed by atoms with Crippen LogP contribution in [0.2, 0.25) is 0 Å². The highest BCUT2D eigenvalue weighted by atomic mass is 28.4. The second kappa shape index (κ2) is 10.1. The third-order valence-corrected chi connectivity index (χ3v) is 3.86. The molecule has 0 unspecified atom stereocenters. The van der Waals surface area contributed by atoms with Crippen LogP contribution in [0.5, 0.6) is 0 Å². The smallest absolute Gasteiger partial charge is 0.359 e. The molecule has 0 aliphatic rings. The quantitative estimate of drug-likeness (QED) is 0.259. The van der Waals surface area contributed by atoms with Crippen molar-refractivity contribution < 1.29 is 18.4 Å². The highest BCUT2D eigenvalue weighted by Crippen LogP contribution is 2.12. The summed E-state index contributed by atoms with van der Waals surface area (Å²) in [6, 6.07) is 0. The highest BCUT2D eigenvalue weighted by molar-refractivity contribution is 6.65. The average molecular weight is 258 g/mol. The predicted octanol–water partition coefficient (Wildman–Crippen LogP) is 1.73. The van der Waals surface area contributed by atoms with Crippen LogP contribution in [0.3, 0.4) is 0 Å². The van der Waals surface area contributed by atoms with Crippen LogP contribution in [0.1, 0.15) is 39.5 Å². The van der Waals surface area contributed by atoms with Crippen LogP contribution in [0.25, 0.3) is 0 Å². The Kier molecular flexibility index (Phi) is 9.42. The first kappa shape index (κ1) is 15.9. The lowest BCUT2D eigenvalue weighted by atomic mass is 10.4. The number of rotatable bonds is 10. The van der Waals surface area contributed by atoms with Crippen LogP contribution in [-0.4, -0.2) is 34.3 Å². The first-order chi connectivity index (χ1) is 8.24. The van der Waals surface area contributed by atoms with Crippen LogP contribution in [-0.2, 0) is 18.4 Å². The van der Waals surface area contributed by atoms with E-state index in [2.05, 4.69) is 9.32 Å². The van der Waals surface area contributed by atoms with Crippen molar-refractivity contribution in [1.82, 2.24) is 0 Å². The minimum atomic E-state index is -3.47. The largest absolute Gasteiger partial charge is 0.648 e. The van der Waals surface area contributed by atoms with E-state index in [-0.39, 0.29) is 0 Å². The second-order valence-corrected chi connectivity index (χ2v) is 5.48. The van der Waals surface area contributed by atoms with Gasteiger partial charge in [0.15, 0.2) is 0 Å². The van der Waals surface area contributed by atoms with Gasteiger partial charge in [-0.3, -0.25) is 0 Å². The molecular weight excluding hydrogens is 240 g/mol. The third-order valence-electron chi connectivity index (χ3n) is 1.95. The van der Waals surface area contributed by atoms with Gasteiger partial charge in [0.2, 0.25) is 12.2 Å². The molecular formula is C10H18N2O4Si. The van der Waals surface area contributed by atoms with E-state index in [9.17, 15) is 9.59 Å². The van der Waals surface area contributed by atoms with Crippen molar-refractivity contribution in [2.24, 2.45) is 9.32 Å². The van der Waals surface area contributed by atoms with Crippen molar-refractivity contribution in [3.05, 3.63) is 0 Å². The van der Waals surface area contributed by atoms with Crippen molar-refractivity contribution in [1.29, 1.82) is 0 Å². The Balaban J connectivity index is 4.60. The van der Waals surface area contributed by atoms with E-state index >= 15 is 0 Å². The van der Waals surface area contributed by atoms with E-state index in [1.165, 1.54) is 12.2 Å². The molecule has 0 aromatic rings. The van der Waals surface area contributed by atoms with Gasteiger partial charge in [-0.2, -0.15) is 9.32 Å². The molecule has 0 saturated heterocycles. The lowest BCUT2D eigenvalue weighted by Crippen LogP contribution is -2.39. The molecule has 0 radical (unpaired) electrons. The van der Waals surface area contributed by atoms with Crippen LogP contribution in [0.4, 0.5) is 0 Å². The number of carbonyl (C=O) groups excluding carboxylic acids is 2. The van der Waals surface area contributed by atoms with E-state index in [4.69, 9.17) is 8.85 Å². The Hall–Kier alpha value is -1.10. The van der Waals surface area contributed by atoms with E-state index in [0.717, 1.165) is 25.7 Å². The van der Waals surface area contributed by atoms with Crippen molar-refractivity contribution in [3.8, 4) is 0 Å². The van der Waals surface area contributed by atoms with Crippen LogP contribution < -0.4 is 0 Å². The zero-order valence-corrected chi connectivity index (χ0v) is 11.3. The number of isocyanates is 2. The Labute approximate surface area is 102 Å². The van der Waals surface area contributed by atoms with Gasteiger partial charge in [-0.05, 0) is 12.8 Å². The number of nitrogens with zero attached hydrogens (tertiary/aromatic N) is 2. The van der Waals surface area contributed by atoms with Crippen LogP contribution in [0, 0.1) is 0 Å². The monoisotopic (exact) mass is 258 g/mol. The molecule has 0 atom stereocenters. The Morgan fingerprint density at radius 3 is 1.65 bits per heavy atom. The summed E-state index contributed by atoms with van der Waals surface area (Å²) in [6.45, 7) is 4.70. The van der Waals surface area contributed by atoms with Crippen molar-refractivity contribution in [3.63, 3.8) is 0 Å². The summed E-state index contributed by atoms with van der Waals surface area (Å²) in [7, 11) is -3.47. The van der Waals surface area contributed by atoms with Gasteiger partial charge in [0.1, 0.15) is 0 Å². The molecule has 7 heteroatoms. The SMILES string of the molecule is CCCCO[Si](N=C=O)(N=C=O)OCCCC. The van der Waals surface area contributed by atoms with E-state index < -0.39 is 8.88 Å². The number of hydrogen-bond donors (Lipinski definition) is 0. The minimum Gasteiger partial charge on any atom is -0.359 e. The molecule has 0 aromatic carbocycles. The molecule has 6 nitrogen and oxygen atoms in total. The van der Waals surface area contributed by atoms with Gasteiger partial charge in [0.25, 0.3) is 0 Å². The maximum Gasteiger partial charge on any atom is 0.648 e. The molecule has 0 bridgehead atoms. The van der Waals surface area contributed by atoms with E-state index in [1.807, 2.05) is 13.8 Å². The molecule has 0 saturated carbocycles. The molecule has 96 valence electrons. The van der Waals surface area contributed by atoms with Gasteiger partial charge in [0, 0.05) is 13.2 Å². The average Bonchev–Trinajstić information content (AvgIpc) is 2.30. The molecule has 0 N–H and O–H groups in total. The molecule has 17 heavy (non-hydrogen) atoms. The molecule has 0 fully saturated rings. The Morgan fingerprint density at radius 1 is 0.941 bits per heavy atom. The zero-order chi connectivity index (χ0) is 13.0. The topological polar surface area (TPSA) is 77.3 Å². The molecule has 0 heterocycles. The normalized spacial score (nSPS) is 10.5. The minimum absolute atomic E-state index is 0.352. The lowest BCUT2D eigenvalue weighted by Gasteiger charge is -2.17. The fraction of sp³-hybridized carbons (Fsp3) is 0.800. The fourth-order valence-corrected chi connectivity index (χ4v) is 2.45. The summed E-state index contributed by atoms with van der Waals surface area (Å²) in [4.78, 5) is 20.7.